The van der Waals surface area contributed by atoms with Gasteiger partial charge in [-0.15, -0.1) is 0 Å². The summed E-state index contributed by atoms with van der Waals surface area (Å²) in [5.74, 6) is 0.623. The molecule has 0 fully saturated rings. The Kier molecular flexibility index (Phi) is 9.77. The van der Waals surface area contributed by atoms with E-state index in [0.717, 1.165) is 12.2 Å². The van der Waals surface area contributed by atoms with Crippen LogP contribution in [0.25, 0.3) is 0 Å². The maximum absolute atomic E-state index is 5.51. The highest BCUT2D eigenvalue weighted by molar-refractivity contribution is 5.15. The zero-order valence-corrected chi connectivity index (χ0v) is 12.3. The lowest BCUT2D eigenvalue weighted by Crippen LogP contribution is -2.13. The molecule has 0 aliphatic carbocycles. The van der Waals surface area contributed by atoms with Gasteiger partial charge in [0.2, 0.25) is 5.88 Å². The molecule has 20 heavy (non-hydrogen) atoms. The quantitative estimate of drug-likeness (QED) is 0.574. The molecule has 1 aromatic rings. The molecule has 0 saturated heterocycles. The minimum absolute atomic E-state index is 0.480. The summed E-state index contributed by atoms with van der Waals surface area (Å²) < 4.78 is 21.0. The van der Waals surface area contributed by atoms with Gasteiger partial charge in [-0.2, -0.15) is 0 Å². The van der Waals surface area contributed by atoms with Crippen molar-refractivity contribution in [2.75, 3.05) is 53.8 Å². The van der Waals surface area contributed by atoms with Crippen LogP contribution in [0, 0.1) is 0 Å². The van der Waals surface area contributed by atoms with Crippen LogP contribution < -0.4 is 10.1 Å². The van der Waals surface area contributed by atoms with Gasteiger partial charge in [0.1, 0.15) is 6.61 Å². The Morgan fingerprint density at radius 3 is 2.40 bits per heavy atom. The number of pyridine rings is 1. The number of nitrogens with zero attached hydrogens (tertiary/aromatic N) is 1. The van der Waals surface area contributed by atoms with E-state index in [1.807, 2.05) is 25.2 Å². The summed E-state index contributed by atoms with van der Waals surface area (Å²) in [6, 6.07) is 5.73. The Balaban J connectivity index is 2.02. The van der Waals surface area contributed by atoms with E-state index in [0.29, 0.717) is 45.5 Å². The molecule has 0 aromatic carbocycles. The Labute approximate surface area is 120 Å². The van der Waals surface area contributed by atoms with Crippen LogP contribution in [0.3, 0.4) is 0 Å². The molecule has 6 heteroatoms. The van der Waals surface area contributed by atoms with Crippen molar-refractivity contribution in [3.63, 3.8) is 0 Å². The Hall–Kier alpha value is -1.21. The largest absolute Gasteiger partial charge is 0.475 e. The maximum Gasteiger partial charge on any atom is 0.213 e. The smallest absolute Gasteiger partial charge is 0.213 e. The van der Waals surface area contributed by atoms with E-state index in [1.165, 1.54) is 0 Å². The SMILES string of the molecule is CNCc1cccc(OCCOCCOCCOC)n1. The van der Waals surface area contributed by atoms with Crippen LogP contribution in [-0.2, 0) is 20.8 Å². The van der Waals surface area contributed by atoms with Gasteiger partial charge in [-0.1, -0.05) is 6.07 Å². The van der Waals surface area contributed by atoms with Crippen molar-refractivity contribution in [1.82, 2.24) is 10.3 Å². The minimum atomic E-state index is 0.480. The fourth-order valence-corrected chi connectivity index (χ4v) is 1.49. The van der Waals surface area contributed by atoms with Crippen molar-refractivity contribution in [3.05, 3.63) is 23.9 Å². The van der Waals surface area contributed by atoms with E-state index in [9.17, 15) is 0 Å². The molecule has 0 aliphatic rings. The fraction of sp³-hybridized carbons (Fsp3) is 0.643. The first kappa shape index (κ1) is 16.8. The van der Waals surface area contributed by atoms with Gasteiger partial charge >= 0.3 is 0 Å². The summed E-state index contributed by atoms with van der Waals surface area (Å²) in [6.45, 7) is 4.06. The first-order chi connectivity index (χ1) is 9.86. The number of ether oxygens (including phenoxy) is 4. The number of aromatic nitrogens is 1. The number of methoxy groups -OCH3 is 1. The molecule has 114 valence electrons. The van der Waals surface area contributed by atoms with Crippen molar-refractivity contribution in [3.8, 4) is 5.88 Å². The van der Waals surface area contributed by atoms with Crippen molar-refractivity contribution < 1.29 is 18.9 Å². The van der Waals surface area contributed by atoms with Crippen molar-refractivity contribution in [2.45, 2.75) is 6.54 Å². The van der Waals surface area contributed by atoms with Gasteiger partial charge in [-0.05, 0) is 13.1 Å². The highest BCUT2D eigenvalue weighted by Crippen LogP contribution is 2.07. The van der Waals surface area contributed by atoms with E-state index in [4.69, 9.17) is 18.9 Å². The third-order valence-corrected chi connectivity index (χ3v) is 2.42. The van der Waals surface area contributed by atoms with E-state index >= 15 is 0 Å². The van der Waals surface area contributed by atoms with Crippen LogP contribution in [0.15, 0.2) is 18.2 Å². The normalized spacial score (nSPS) is 10.7. The van der Waals surface area contributed by atoms with Crippen LogP contribution in [0.1, 0.15) is 5.69 Å². The molecular formula is C14H24N2O4. The number of rotatable bonds is 12. The molecule has 0 atom stereocenters. The van der Waals surface area contributed by atoms with Crippen LogP contribution >= 0.6 is 0 Å². The molecule has 0 spiro atoms. The predicted octanol–water partition coefficient (Wildman–Crippen LogP) is 0.859. The predicted molar refractivity (Wildman–Crippen MR) is 76.0 cm³/mol. The molecule has 0 aliphatic heterocycles. The number of hydrogen-bond donors (Lipinski definition) is 1. The monoisotopic (exact) mass is 284 g/mol. The van der Waals surface area contributed by atoms with Gasteiger partial charge in [0, 0.05) is 19.7 Å². The first-order valence-corrected chi connectivity index (χ1v) is 6.74. The van der Waals surface area contributed by atoms with Crippen LogP contribution in [0.5, 0.6) is 5.88 Å². The lowest BCUT2D eigenvalue weighted by atomic mass is 10.3. The molecule has 6 nitrogen and oxygen atoms in total. The van der Waals surface area contributed by atoms with Crippen LogP contribution in [0.2, 0.25) is 0 Å². The average Bonchev–Trinajstić information content (AvgIpc) is 2.46. The molecule has 0 bridgehead atoms. The summed E-state index contributed by atoms with van der Waals surface area (Å²) in [5, 5.41) is 3.05. The van der Waals surface area contributed by atoms with Crippen molar-refractivity contribution in [2.24, 2.45) is 0 Å². The zero-order chi connectivity index (χ0) is 14.5. The number of hydrogen-bond acceptors (Lipinski definition) is 6. The van der Waals surface area contributed by atoms with E-state index < -0.39 is 0 Å². The second kappa shape index (κ2) is 11.6. The van der Waals surface area contributed by atoms with E-state index in [-0.39, 0.29) is 0 Å². The van der Waals surface area contributed by atoms with Crippen LogP contribution in [-0.4, -0.2) is 58.8 Å². The summed E-state index contributed by atoms with van der Waals surface area (Å²) in [6.07, 6.45) is 0. The second-order valence-corrected chi connectivity index (χ2v) is 4.06. The third-order valence-electron chi connectivity index (χ3n) is 2.42. The molecule has 0 amide bonds. The average molecular weight is 284 g/mol. The van der Waals surface area contributed by atoms with Gasteiger partial charge in [0.25, 0.3) is 0 Å². The standard InChI is InChI=1S/C14H24N2O4/c1-15-12-13-4-3-5-14(16-13)20-11-10-19-9-8-18-7-6-17-2/h3-5,15H,6-12H2,1-2H3. The van der Waals surface area contributed by atoms with Crippen molar-refractivity contribution >= 4 is 0 Å². The van der Waals surface area contributed by atoms with E-state index in [1.54, 1.807) is 7.11 Å². The maximum atomic E-state index is 5.51. The molecule has 1 heterocycles. The number of nitrogens with one attached hydrogen (secondary N) is 1. The van der Waals surface area contributed by atoms with E-state index in [2.05, 4.69) is 10.3 Å². The van der Waals surface area contributed by atoms with Crippen molar-refractivity contribution in [1.29, 1.82) is 0 Å². The molecule has 1 aromatic heterocycles. The topological polar surface area (TPSA) is 61.8 Å². The molecule has 0 saturated carbocycles. The molecule has 0 unspecified atom stereocenters. The van der Waals surface area contributed by atoms with Gasteiger partial charge < -0.3 is 24.3 Å². The third kappa shape index (κ3) is 8.06. The second-order valence-electron chi connectivity index (χ2n) is 4.06. The summed E-state index contributed by atoms with van der Waals surface area (Å²) in [7, 11) is 3.54. The lowest BCUT2D eigenvalue weighted by molar-refractivity contribution is 0.0176. The fourth-order valence-electron chi connectivity index (χ4n) is 1.49. The molecular weight excluding hydrogens is 260 g/mol. The lowest BCUT2D eigenvalue weighted by Gasteiger charge is -2.08. The highest BCUT2D eigenvalue weighted by Gasteiger charge is 1.98. The van der Waals surface area contributed by atoms with Gasteiger partial charge in [0.15, 0.2) is 0 Å². The van der Waals surface area contributed by atoms with Crippen LogP contribution in [0.4, 0.5) is 0 Å². The summed E-state index contributed by atoms with van der Waals surface area (Å²) in [4.78, 5) is 4.35. The molecule has 1 N–H and O–H groups in total. The van der Waals surface area contributed by atoms with Gasteiger partial charge in [0.05, 0.1) is 38.7 Å². The molecule has 1 rings (SSSR count). The zero-order valence-electron chi connectivity index (χ0n) is 12.3. The molecule has 0 radical (unpaired) electrons. The van der Waals surface area contributed by atoms with Gasteiger partial charge in [-0.3, -0.25) is 0 Å². The first-order valence-electron chi connectivity index (χ1n) is 6.74. The Morgan fingerprint density at radius 1 is 1.00 bits per heavy atom. The summed E-state index contributed by atoms with van der Waals surface area (Å²) >= 11 is 0. The highest BCUT2D eigenvalue weighted by atomic mass is 16.6. The van der Waals surface area contributed by atoms with Gasteiger partial charge in [-0.25, -0.2) is 4.98 Å². The Bertz CT molecular complexity index is 350. The minimum Gasteiger partial charge on any atom is -0.475 e. The Morgan fingerprint density at radius 2 is 1.70 bits per heavy atom. The summed E-state index contributed by atoms with van der Waals surface area (Å²) in [5.41, 5.74) is 0.956.